The smallest absolute Gasteiger partial charge is 0.239 e. The molecule has 0 aromatic rings. The first kappa shape index (κ1) is 12.5. The molecular formula is C12H24N2O. The van der Waals surface area contributed by atoms with Gasteiger partial charge in [0.1, 0.15) is 0 Å². The molecule has 2 N–H and O–H groups in total. The number of rotatable bonds is 3. The minimum Gasteiger partial charge on any atom is -0.341 e. The molecule has 0 spiro atoms. The molecule has 0 aliphatic heterocycles. The quantitative estimate of drug-likeness (QED) is 0.775. The zero-order valence-electron chi connectivity index (χ0n) is 10.2. The Morgan fingerprint density at radius 2 is 2.07 bits per heavy atom. The Bertz CT molecular complexity index is 218. The summed E-state index contributed by atoms with van der Waals surface area (Å²) in [5.41, 5.74) is 5.78. The molecule has 3 unspecified atom stereocenters. The highest BCUT2D eigenvalue weighted by Gasteiger charge is 2.29. The second kappa shape index (κ2) is 5.50. The van der Waals surface area contributed by atoms with Gasteiger partial charge in [-0.3, -0.25) is 4.79 Å². The van der Waals surface area contributed by atoms with E-state index in [4.69, 9.17) is 5.73 Å². The molecule has 15 heavy (non-hydrogen) atoms. The van der Waals surface area contributed by atoms with Crippen molar-refractivity contribution in [3.63, 3.8) is 0 Å². The highest BCUT2D eigenvalue weighted by atomic mass is 16.2. The molecular weight excluding hydrogens is 188 g/mol. The maximum Gasteiger partial charge on any atom is 0.239 e. The number of hydrogen-bond donors (Lipinski definition) is 1. The summed E-state index contributed by atoms with van der Waals surface area (Å²) in [5.74, 6) is 0.730. The van der Waals surface area contributed by atoms with Crippen LogP contribution in [0.25, 0.3) is 0 Å². The average Bonchev–Trinajstić information content (AvgIpc) is 2.26. The highest BCUT2D eigenvalue weighted by molar-refractivity contribution is 5.81. The lowest BCUT2D eigenvalue weighted by molar-refractivity contribution is -0.135. The van der Waals surface area contributed by atoms with Crippen LogP contribution in [0, 0.1) is 5.92 Å². The summed E-state index contributed by atoms with van der Waals surface area (Å²) in [4.78, 5) is 13.8. The molecule has 0 aromatic heterocycles. The summed E-state index contributed by atoms with van der Waals surface area (Å²) in [6.45, 7) is 4.20. The summed E-state index contributed by atoms with van der Waals surface area (Å²) < 4.78 is 0. The minimum absolute atomic E-state index is 0.108. The van der Waals surface area contributed by atoms with E-state index in [0.717, 1.165) is 12.8 Å². The summed E-state index contributed by atoms with van der Waals surface area (Å²) in [5, 5.41) is 0. The Kier molecular flexibility index (Phi) is 4.58. The Morgan fingerprint density at radius 1 is 1.47 bits per heavy atom. The second-order valence-corrected chi connectivity index (χ2v) is 4.79. The van der Waals surface area contributed by atoms with E-state index in [9.17, 15) is 4.79 Å². The van der Waals surface area contributed by atoms with Crippen molar-refractivity contribution in [2.45, 2.75) is 58.0 Å². The van der Waals surface area contributed by atoms with Crippen LogP contribution < -0.4 is 5.73 Å². The first-order chi connectivity index (χ1) is 7.07. The highest BCUT2D eigenvalue weighted by Crippen LogP contribution is 2.27. The third kappa shape index (κ3) is 2.94. The van der Waals surface area contributed by atoms with Crippen LogP contribution in [0.3, 0.4) is 0 Å². The summed E-state index contributed by atoms with van der Waals surface area (Å²) in [6.07, 6.45) is 5.65. The Hall–Kier alpha value is -0.570. The van der Waals surface area contributed by atoms with Gasteiger partial charge in [-0.15, -0.1) is 0 Å². The summed E-state index contributed by atoms with van der Waals surface area (Å²) >= 11 is 0. The molecule has 0 saturated heterocycles. The molecule has 0 aromatic carbocycles. The lowest BCUT2D eigenvalue weighted by Crippen LogP contribution is -2.49. The minimum atomic E-state index is -0.316. The van der Waals surface area contributed by atoms with Gasteiger partial charge in [-0.25, -0.2) is 0 Å². The fraction of sp³-hybridized carbons (Fsp3) is 0.917. The molecule has 3 nitrogen and oxygen atoms in total. The van der Waals surface area contributed by atoms with Gasteiger partial charge in [0, 0.05) is 13.1 Å². The monoisotopic (exact) mass is 212 g/mol. The van der Waals surface area contributed by atoms with E-state index in [-0.39, 0.29) is 11.9 Å². The standard InChI is InChI=1S/C12H24N2O/c1-4-10(13)12(15)14(3)11-8-6-5-7-9(11)2/h9-11H,4-8,13H2,1-3H3. The zero-order valence-corrected chi connectivity index (χ0v) is 10.2. The molecule has 3 atom stereocenters. The van der Waals surface area contributed by atoms with E-state index in [1.807, 2.05) is 18.9 Å². The van der Waals surface area contributed by atoms with Crippen molar-refractivity contribution in [2.75, 3.05) is 7.05 Å². The van der Waals surface area contributed by atoms with Gasteiger partial charge < -0.3 is 10.6 Å². The van der Waals surface area contributed by atoms with E-state index >= 15 is 0 Å². The van der Waals surface area contributed by atoms with Crippen LogP contribution in [-0.4, -0.2) is 29.9 Å². The second-order valence-electron chi connectivity index (χ2n) is 4.79. The third-order valence-corrected chi connectivity index (χ3v) is 3.67. The van der Waals surface area contributed by atoms with Crippen molar-refractivity contribution in [1.82, 2.24) is 4.90 Å². The van der Waals surface area contributed by atoms with E-state index in [0.29, 0.717) is 12.0 Å². The Balaban J connectivity index is 2.57. The summed E-state index contributed by atoms with van der Waals surface area (Å²) in [6, 6.07) is 0.0907. The first-order valence-corrected chi connectivity index (χ1v) is 6.10. The maximum absolute atomic E-state index is 11.9. The van der Waals surface area contributed by atoms with Gasteiger partial charge in [-0.2, -0.15) is 0 Å². The molecule has 0 heterocycles. The van der Waals surface area contributed by atoms with Crippen LogP contribution in [0.4, 0.5) is 0 Å². The van der Waals surface area contributed by atoms with E-state index in [2.05, 4.69) is 6.92 Å². The van der Waals surface area contributed by atoms with Gasteiger partial charge in [0.05, 0.1) is 6.04 Å². The van der Waals surface area contributed by atoms with Crippen molar-refractivity contribution >= 4 is 5.91 Å². The van der Waals surface area contributed by atoms with Gasteiger partial charge in [-0.1, -0.05) is 26.7 Å². The third-order valence-electron chi connectivity index (χ3n) is 3.67. The zero-order chi connectivity index (χ0) is 11.4. The SMILES string of the molecule is CCC(N)C(=O)N(C)C1CCCCC1C. The van der Waals surface area contributed by atoms with E-state index in [1.165, 1.54) is 19.3 Å². The predicted octanol–water partition coefficient (Wildman–Crippen LogP) is 1.76. The molecule has 1 rings (SSSR count). The Labute approximate surface area is 93.0 Å². The molecule has 1 aliphatic carbocycles. The van der Waals surface area contributed by atoms with Crippen molar-refractivity contribution in [2.24, 2.45) is 11.7 Å². The predicted molar refractivity (Wildman–Crippen MR) is 62.5 cm³/mol. The van der Waals surface area contributed by atoms with Crippen LogP contribution in [-0.2, 0) is 4.79 Å². The molecule has 1 amide bonds. The van der Waals surface area contributed by atoms with Crippen molar-refractivity contribution in [1.29, 1.82) is 0 Å². The molecule has 1 fully saturated rings. The lowest BCUT2D eigenvalue weighted by atomic mass is 9.85. The van der Waals surface area contributed by atoms with Crippen LogP contribution in [0.15, 0.2) is 0 Å². The average molecular weight is 212 g/mol. The van der Waals surface area contributed by atoms with Gasteiger partial charge in [-0.05, 0) is 25.2 Å². The molecule has 0 radical (unpaired) electrons. The molecule has 0 bridgehead atoms. The lowest BCUT2D eigenvalue weighted by Gasteiger charge is -2.37. The molecule has 1 saturated carbocycles. The fourth-order valence-electron chi connectivity index (χ4n) is 2.47. The first-order valence-electron chi connectivity index (χ1n) is 6.10. The maximum atomic E-state index is 11.9. The Morgan fingerprint density at radius 3 is 2.60 bits per heavy atom. The normalized spacial score (nSPS) is 28.5. The van der Waals surface area contributed by atoms with Crippen molar-refractivity contribution in [3.05, 3.63) is 0 Å². The number of hydrogen-bond acceptors (Lipinski definition) is 2. The van der Waals surface area contributed by atoms with Gasteiger partial charge in [0.2, 0.25) is 5.91 Å². The largest absolute Gasteiger partial charge is 0.341 e. The number of likely N-dealkylation sites (N-methyl/N-ethyl adjacent to an activating group) is 1. The van der Waals surface area contributed by atoms with Crippen molar-refractivity contribution < 1.29 is 4.79 Å². The molecule has 88 valence electrons. The van der Waals surface area contributed by atoms with Gasteiger partial charge in [0.15, 0.2) is 0 Å². The topological polar surface area (TPSA) is 46.3 Å². The number of carbonyl (C=O) groups excluding carboxylic acids is 1. The van der Waals surface area contributed by atoms with Crippen LogP contribution in [0.2, 0.25) is 0 Å². The number of nitrogens with two attached hydrogens (primary N) is 1. The molecule has 1 aliphatic rings. The van der Waals surface area contributed by atoms with Gasteiger partial charge >= 0.3 is 0 Å². The number of amides is 1. The summed E-state index contributed by atoms with van der Waals surface area (Å²) in [7, 11) is 1.91. The number of carbonyl (C=O) groups is 1. The van der Waals surface area contributed by atoms with Crippen LogP contribution in [0.5, 0.6) is 0 Å². The fourth-order valence-corrected chi connectivity index (χ4v) is 2.47. The molecule has 3 heteroatoms. The van der Waals surface area contributed by atoms with E-state index < -0.39 is 0 Å². The van der Waals surface area contributed by atoms with Crippen LogP contribution >= 0.6 is 0 Å². The van der Waals surface area contributed by atoms with Crippen LogP contribution in [0.1, 0.15) is 46.0 Å². The van der Waals surface area contributed by atoms with Crippen molar-refractivity contribution in [3.8, 4) is 0 Å². The van der Waals surface area contributed by atoms with E-state index in [1.54, 1.807) is 0 Å². The van der Waals surface area contributed by atoms with Gasteiger partial charge in [0.25, 0.3) is 0 Å². The number of nitrogens with zero attached hydrogens (tertiary/aromatic N) is 1.